The molecule has 1 saturated heterocycles. The second kappa shape index (κ2) is 4.94. The van der Waals surface area contributed by atoms with Crippen molar-refractivity contribution in [1.29, 1.82) is 0 Å². The maximum atomic E-state index is 12.0. The molecule has 0 aliphatic carbocycles. The Morgan fingerprint density at radius 1 is 1.58 bits per heavy atom. The van der Waals surface area contributed by atoms with Crippen molar-refractivity contribution >= 4 is 32.8 Å². The highest BCUT2D eigenvalue weighted by atomic mass is 79.9. The number of fused-ring (bicyclic) bond motifs is 1. The maximum Gasteiger partial charge on any atom is 0.356 e. The van der Waals surface area contributed by atoms with E-state index in [0.717, 1.165) is 21.8 Å². The van der Waals surface area contributed by atoms with Crippen molar-refractivity contribution in [1.82, 2.24) is 9.78 Å². The number of esters is 1. The number of carbonyl (C=O) groups is 1. The van der Waals surface area contributed by atoms with Crippen LogP contribution in [0.1, 0.15) is 23.0 Å². The van der Waals surface area contributed by atoms with Crippen LogP contribution >= 0.6 is 15.9 Å². The molecule has 2 heterocycles. The van der Waals surface area contributed by atoms with Crippen LogP contribution in [0.25, 0.3) is 10.9 Å². The summed E-state index contributed by atoms with van der Waals surface area (Å²) < 4.78 is 12.9. The predicted molar refractivity (Wildman–Crippen MR) is 73.2 cm³/mol. The van der Waals surface area contributed by atoms with Gasteiger partial charge in [-0.25, -0.2) is 4.79 Å². The van der Waals surface area contributed by atoms with Gasteiger partial charge in [-0.1, -0.05) is 15.9 Å². The number of rotatable bonds is 2. The lowest BCUT2D eigenvalue weighted by Gasteiger charge is -2.11. The maximum absolute atomic E-state index is 12.0. The zero-order valence-corrected chi connectivity index (χ0v) is 12.0. The summed E-state index contributed by atoms with van der Waals surface area (Å²) in [6.07, 6.45) is 0.860. The van der Waals surface area contributed by atoms with Crippen LogP contribution in [0.4, 0.5) is 0 Å². The van der Waals surface area contributed by atoms with E-state index in [2.05, 4.69) is 21.0 Å². The Morgan fingerprint density at radius 3 is 3.11 bits per heavy atom. The fourth-order valence-corrected chi connectivity index (χ4v) is 2.72. The normalized spacial score (nSPS) is 18.9. The fraction of sp³-hybridized carbons (Fsp3) is 0.385. The van der Waals surface area contributed by atoms with Gasteiger partial charge in [0, 0.05) is 16.5 Å². The summed E-state index contributed by atoms with van der Waals surface area (Å²) in [5.74, 6) is -0.368. The van der Waals surface area contributed by atoms with Crippen LogP contribution < -0.4 is 0 Å². The molecule has 1 fully saturated rings. The monoisotopic (exact) mass is 324 g/mol. The minimum absolute atomic E-state index is 0.0975. The van der Waals surface area contributed by atoms with Gasteiger partial charge in [0.25, 0.3) is 0 Å². The Morgan fingerprint density at radius 2 is 2.42 bits per heavy atom. The molecule has 100 valence electrons. The number of benzene rings is 1. The number of methoxy groups -OCH3 is 1. The minimum Gasteiger partial charge on any atom is -0.464 e. The van der Waals surface area contributed by atoms with Crippen molar-refractivity contribution in [2.24, 2.45) is 0 Å². The largest absolute Gasteiger partial charge is 0.464 e. The number of aromatic nitrogens is 2. The zero-order valence-electron chi connectivity index (χ0n) is 10.4. The highest BCUT2D eigenvalue weighted by molar-refractivity contribution is 9.10. The highest BCUT2D eigenvalue weighted by Crippen LogP contribution is 2.28. The molecule has 2 aromatic rings. The molecule has 0 radical (unpaired) electrons. The molecule has 3 rings (SSSR count). The van der Waals surface area contributed by atoms with Crippen LogP contribution in [0.3, 0.4) is 0 Å². The second-order valence-corrected chi connectivity index (χ2v) is 5.38. The van der Waals surface area contributed by atoms with Gasteiger partial charge in [0.1, 0.15) is 0 Å². The average molecular weight is 325 g/mol. The first-order valence-electron chi connectivity index (χ1n) is 6.04. The third kappa shape index (κ3) is 2.15. The lowest BCUT2D eigenvalue weighted by atomic mass is 10.2. The van der Waals surface area contributed by atoms with E-state index in [0.29, 0.717) is 18.9 Å². The smallest absolute Gasteiger partial charge is 0.356 e. The molecule has 0 unspecified atom stereocenters. The van der Waals surface area contributed by atoms with Gasteiger partial charge in [0.05, 0.1) is 25.3 Å². The third-order valence-electron chi connectivity index (χ3n) is 3.29. The van der Waals surface area contributed by atoms with Gasteiger partial charge in [0.2, 0.25) is 0 Å². The molecule has 0 saturated carbocycles. The SMILES string of the molecule is COC(=O)c1c2cc(Br)ccc2nn1[C@@H]1CCOC1. The predicted octanol–water partition coefficient (Wildman–Crippen LogP) is 2.55. The Bertz CT molecular complexity index is 632. The molecular weight excluding hydrogens is 312 g/mol. The summed E-state index contributed by atoms with van der Waals surface area (Å²) in [7, 11) is 1.38. The standard InChI is InChI=1S/C13H13BrN2O3/c1-18-13(17)12-10-6-8(14)2-3-11(10)15-16(12)9-4-5-19-7-9/h2-3,6,9H,4-5,7H2,1H3/t9-/m1/s1. The quantitative estimate of drug-likeness (QED) is 0.797. The first kappa shape index (κ1) is 12.6. The van der Waals surface area contributed by atoms with Crippen molar-refractivity contribution in [2.75, 3.05) is 20.3 Å². The van der Waals surface area contributed by atoms with Crippen molar-refractivity contribution in [3.05, 3.63) is 28.4 Å². The van der Waals surface area contributed by atoms with Gasteiger partial charge in [-0.05, 0) is 24.6 Å². The van der Waals surface area contributed by atoms with Crippen LogP contribution in [0.2, 0.25) is 0 Å². The van der Waals surface area contributed by atoms with E-state index in [4.69, 9.17) is 9.47 Å². The Balaban J connectivity index is 2.21. The van der Waals surface area contributed by atoms with Crippen LogP contribution in [0, 0.1) is 0 Å². The van der Waals surface area contributed by atoms with Crippen LogP contribution in [0.15, 0.2) is 22.7 Å². The summed E-state index contributed by atoms with van der Waals surface area (Å²) in [5, 5.41) is 5.32. The minimum atomic E-state index is -0.368. The van der Waals surface area contributed by atoms with Gasteiger partial charge in [-0.2, -0.15) is 5.10 Å². The van der Waals surface area contributed by atoms with Crippen LogP contribution in [-0.2, 0) is 9.47 Å². The molecule has 1 aliphatic rings. The van der Waals surface area contributed by atoms with E-state index in [1.54, 1.807) is 4.68 Å². The third-order valence-corrected chi connectivity index (χ3v) is 3.78. The Kier molecular flexibility index (Phi) is 3.28. The van der Waals surface area contributed by atoms with Crippen molar-refractivity contribution in [3.63, 3.8) is 0 Å². The summed E-state index contributed by atoms with van der Waals surface area (Å²) >= 11 is 3.42. The number of nitrogens with zero attached hydrogens (tertiary/aromatic N) is 2. The number of ether oxygens (including phenoxy) is 2. The molecule has 1 atom stereocenters. The van der Waals surface area contributed by atoms with E-state index >= 15 is 0 Å². The van der Waals surface area contributed by atoms with Crippen molar-refractivity contribution in [2.45, 2.75) is 12.5 Å². The van der Waals surface area contributed by atoms with E-state index in [1.165, 1.54) is 7.11 Å². The summed E-state index contributed by atoms with van der Waals surface area (Å²) in [4.78, 5) is 12.0. The lowest BCUT2D eigenvalue weighted by Crippen LogP contribution is -2.17. The van der Waals surface area contributed by atoms with E-state index < -0.39 is 0 Å². The molecule has 0 spiro atoms. The van der Waals surface area contributed by atoms with E-state index in [1.807, 2.05) is 18.2 Å². The number of hydrogen-bond acceptors (Lipinski definition) is 4. The lowest BCUT2D eigenvalue weighted by molar-refractivity contribution is 0.0585. The van der Waals surface area contributed by atoms with Gasteiger partial charge in [-0.3, -0.25) is 4.68 Å². The highest BCUT2D eigenvalue weighted by Gasteiger charge is 2.27. The number of carbonyl (C=O) groups excluding carboxylic acids is 1. The molecule has 19 heavy (non-hydrogen) atoms. The van der Waals surface area contributed by atoms with Crippen LogP contribution in [0.5, 0.6) is 0 Å². The van der Waals surface area contributed by atoms with E-state index in [-0.39, 0.29) is 12.0 Å². The molecular formula is C13H13BrN2O3. The van der Waals surface area contributed by atoms with Gasteiger partial charge >= 0.3 is 5.97 Å². The first-order chi connectivity index (χ1) is 9.20. The first-order valence-corrected chi connectivity index (χ1v) is 6.84. The topological polar surface area (TPSA) is 53.3 Å². The number of hydrogen-bond donors (Lipinski definition) is 0. The number of halogens is 1. The average Bonchev–Trinajstić information content (AvgIpc) is 3.03. The molecule has 1 aromatic heterocycles. The van der Waals surface area contributed by atoms with E-state index in [9.17, 15) is 4.79 Å². The van der Waals surface area contributed by atoms with Crippen molar-refractivity contribution < 1.29 is 14.3 Å². The van der Waals surface area contributed by atoms with Gasteiger partial charge < -0.3 is 9.47 Å². The molecule has 0 amide bonds. The summed E-state index contributed by atoms with van der Waals surface area (Å²) in [6, 6.07) is 5.78. The summed E-state index contributed by atoms with van der Waals surface area (Å²) in [6.45, 7) is 1.28. The Labute approximate surface area is 118 Å². The zero-order chi connectivity index (χ0) is 13.4. The van der Waals surface area contributed by atoms with Gasteiger partial charge in [-0.15, -0.1) is 0 Å². The molecule has 1 aliphatic heterocycles. The molecule has 6 heteroatoms. The molecule has 0 N–H and O–H groups in total. The second-order valence-electron chi connectivity index (χ2n) is 4.46. The molecule has 0 bridgehead atoms. The Hall–Kier alpha value is -1.40. The molecule has 5 nitrogen and oxygen atoms in total. The molecule has 1 aromatic carbocycles. The van der Waals surface area contributed by atoms with Gasteiger partial charge in [0.15, 0.2) is 5.69 Å². The summed E-state index contributed by atoms with van der Waals surface area (Å²) in [5.41, 5.74) is 1.28. The van der Waals surface area contributed by atoms with Crippen molar-refractivity contribution in [3.8, 4) is 0 Å². The fourth-order valence-electron chi connectivity index (χ4n) is 2.35. The van der Waals surface area contributed by atoms with Crippen LogP contribution in [-0.4, -0.2) is 36.1 Å².